The SMILES string of the molecule is O=c1[nH]cnc2[nH]c3c(c12)CN(Cc1ccccc1)CC3. The minimum Gasteiger partial charge on any atom is -0.343 e. The fraction of sp³-hybridized carbons (Fsp3) is 0.250. The molecule has 2 N–H and O–H groups in total. The Hall–Kier alpha value is -2.40. The molecular weight excluding hydrogens is 264 g/mol. The zero-order valence-electron chi connectivity index (χ0n) is 11.6. The summed E-state index contributed by atoms with van der Waals surface area (Å²) in [5.74, 6) is 0. The lowest BCUT2D eigenvalue weighted by atomic mass is 10.0. The number of hydrogen-bond acceptors (Lipinski definition) is 3. The van der Waals surface area contributed by atoms with Gasteiger partial charge in [-0.25, -0.2) is 4.98 Å². The van der Waals surface area contributed by atoms with Crippen LogP contribution in [-0.2, 0) is 19.5 Å². The predicted octanol–water partition coefficient (Wildman–Crippen LogP) is 1.81. The average molecular weight is 280 g/mol. The largest absolute Gasteiger partial charge is 0.343 e. The van der Waals surface area contributed by atoms with Gasteiger partial charge in [0.25, 0.3) is 5.56 Å². The van der Waals surface area contributed by atoms with Gasteiger partial charge in [0.2, 0.25) is 0 Å². The zero-order chi connectivity index (χ0) is 14.2. The normalized spacial score (nSPS) is 15.2. The summed E-state index contributed by atoms with van der Waals surface area (Å²) in [5, 5.41) is 0.713. The maximum Gasteiger partial charge on any atom is 0.260 e. The quantitative estimate of drug-likeness (QED) is 0.752. The second-order valence-electron chi connectivity index (χ2n) is 5.48. The smallest absolute Gasteiger partial charge is 0.260 e. The Morgan fingerprint density at radius 2 is 2.10 bits per heavy atom. The van der Waals surface area contributed by atoms with Gasteiger partial charge in [0, 0.05) is 37.3 Å². The van der Waals surface area contributed by atoms with Crippen molar-refractivity contribution in [2.24, 2.45) is 0 Å². The second-order valence-corrected chi connectivity index (χ2v) is 5.48. The Bertz CT molecular complexity index is 834. The number of hydrogen-bond donors (Lipinski definition) is 2. The Kier molecular flexibility index (Phi) is 2.86. The van der Waals surface area contributed by atoms with Crippen LogP contribution in [0, 0.1) is 0 Å². The maximum atomic E-state index is 12.0. The van der Waals surface area contributed by atoms with Gasteiger partial charge in [0.1, 0.15) is 5.65 Å². The highest BCUT2D eigenvalue weighted by atomic mass is 16.1. The number of nitrogens with one attached hydrogen (secondary N) is 2. The third-order valence-electron chi connectivity index (χ3n) is 4.10. The summed E-state index contributed by atoms with van der Waals surface area (Å²) in [4.78, 5) is 24.6. The molecule has 3 heterocycles. The molecule has 0 atom stereocenters. The van der Waals surface area contributed by atoms with Crippen molar-refractivity contribution in [2.45, 2.75) is 19.5 Å². The lowest BCUT2D eigenvalue weighted by Crippen LogP contribution is -2.30. The summed E-state index contributed by atoms with van der Waals surface area (Å²) in [7, 11) is 0. The molecule has 0 spiro atoms. The van der Waals surface area contributed by atoms with Gasteiger partial charge >= 0.3 is 0 Å². The van der Waals surface area contributed by atoms with Gasteiger partial charge < -0.3 is 9.97 Å². The third kappa shape index (κ3) is 2.15. The fourth-order valence-electron chi connectivity index (χ4n) is 3.08. The second kappa shape index (κ2) is 4.86. The fourth-order valence-corrected chi connectivity index (χ4v) is 3.08. The van der Waals surface area contributed by atoms with Crippen LogP contribution >= 0.6 is 0 Å². The molecule has 106 valence electrons. The number of aromatic amines is 2. The molecule has 0 unspecified atom stereocenters. The van der Waals surface area contributed by atoms with E-state index >= 15 is 0 Å². The summed E-state index contributed by atoms with van der Waals surface area (Å²) >= 11 is 0. The molecule has 0 fully saturated rings. The van der Waals surface area contributed by atoms with E-state index in [1.165, 1.54) is 11.9 Å². The van der Waals surface area contributed by atoms with Crippen molar-refractivity contribution >= 4 is 11.0 Å². The number of benzene rings is 1. The highest BCUT2D eigenvalue weighted by Gasteiger charge is 2.22. The summed E-state index contributed by atoms with van der Waals surface area (Å²) in [6.07, 6.45) is 2.38. The van der Waals surface area contributed by atoms with Crippen LogP contribution in [0.3, 0.4) is 0 Å². The maximum absolute atomic E-state index is 12.0. The molecule has 0 aliphatic carbocycles. The van der Waals surface area contributed by atoms with E-state index in [2.05, 4.69) is 44.1 Å². The molecule has 3 aromatic rings. The highest BCUT2D eigenvalue weighted by molar-refractivity contribution is 5.80. The van der Waals surface area contributed by atoms with Crippen LogP contribution in [0.2, 0.25) is 0 Å². The van der Waals surface area contributed by atoms with E-state index < -0.39 is 0 Å². The Balaban J connectivity index is 1.68. The first-order valence-corrected chi connectivity index (χ1v) is 7.14. The topological polar surface area (TPSA) is 64.8 Å². The summed E-state index contributed by atoms with van der Waals surface area (Å²) < 4.78 is 0. The van der Waals surface area contributed by atoms with Crippen LogP contribution in [0.25, 0.3) is 11.0 Å². The molecule has 1 aliphatic rings. The zero-order valence-corrected chi connectivity index (χ0v) is 11.6. The van der Waals surface area contributed by atoms with E-state index in [0.717, 1.165) is 37.3 Å². The van der Waals surface area contributed by atoms with Gasteiger partial charge in [-0.1, -0.05) is 30.3 Å². The van der Waals surface area contributed by atoms with Crippen LogP contribution in [-0.4, -0.2) is 26.4 Å². The Labute approximate surface area is 121 Å². The standard InChI is InChI=1S/C16H16N4O/c21-16-14-12-9-20(8-11-4-2-1-3-5-11)7-6-13(12)19-15(14)17-10-18-16/h1-5,10H,6-9H2,(H2,17,18,19,21). The molecule has 4 rings (SSSR count). The monoisotopic (exact) mass is 280 g/mol. The lowest BCUT2D eigenvalue weighted by Gasteiger charge is -2.26. The van der Waals surface area contributed by atoms with Gasteiger partial charge in [-0.15, -0.1) is 0 Å². The van der Waals surface area contributed by atoms with Gasteiger partial charge in [0.15, 0.2) is 0 Å². The predicted molar refractivity (Wildman–Crippen MR) is 81.0 cm³/mol. The molecule has 21 heavy (non-hydrogen) atoms. The molecule has 0 radical (unpaired) electrons. The molecule has 0 saturated heterocycles. The molecule has 5 nitrogen and oxygen atoms in total. The Morgan fingerprint density at radius 1 is 1.24 bits per heavy atom. The van der Waals surface area contributed by atoms with E-state index in [1.807, 2.05) is 6.07 Å². The molecule has 0 amide bonds. The molecular formula is C16H16N4O. The van der Waals surface area contributed by atoms with Crippen LogP contribution in [0.15, 0.2) is 41.5 Å². The van der Waals surface area contributed by atoms with Crippen molar-refractivity contribution in [2.75, 3.05) is 6.54 Å². The highest BCUT2D eigenvalue weighted by Crippen LogP contribution is 2.25. The van der Waals surface area contributed by atoms with Gasteiger partial charge in [-0.3, -0.25) is 9.69 Å². The van der Waals surface area contributed by atoms with E-state index in [-0.39, 0.29) is 5.56 Å². The summed E-state index contributed by atoms with van der Waals surface area (Å²) in [5.41, 5.74) is 4.19. The minimum absolute atomic E-state index is 0.0564. The number of H-pyrrole nitrogens is 2. The van der Waals surface area contributed by atoms with E-state index in [0.29, 0.717) is 11.0 Å². The molecule has 1 aromatic carbocycles. The van der Waals surface area contributed by atoms with Gasteiger partial charge in [-0.2, -0.15) is 0 Å². The van der Waals surface area contributed by atoms with Crippen molar-refractivity contribution in [3.05, 3.63) is 63.8 Å². The van der Waals surface area contributed by atoms with Crippen LogP contribution in [0.1, 0.15) is 16.8 Å². The first-order chi connectivity index (χ1) is 10.3. The van der Waals surface area contributed by atoms with Crippen molar-refractivity contribution < 1.29 is 0 Å². The van der Waals surface area contributed by atoms with E-state index in [9.17, 15) is 4.79 Å². The number of nitrogens with zero attached hydrogens (tertiary/aromatic N) is 2. The number of aromatic nitrogens is 3. The van der Waals surface area contributed by atoms with Crippen molar-refractivity contribution in [1.82, 2.24) is 19.9 Å². The lowest BCUT2D eigenvalue weighted by molar-refractivity contribution is 0.245. The third-order valence-corrected chi connectivity index (χ3v) is 4.10. The number of rotatable bonds is 2. The number of fused-ring (bicyclic) bond motifs is 3. The van der Waals surface area contributed by atoms with Crippen molar-refractivity contribution in [1.29, 1.82) is 0 Å². The van der Waals surface area contributed by atoms with Crippen molar-refractivity contribution in [3.63, 3.8) is 0 Å². The van der Waals surface area contributed by atoms with E-state index in [1.54, 1.807) is 0 Å². The van der Waals surface area contributed by atoms with Crippen LogP contribution < -0.4 is 5.56 Å². The molecule has 2 aromatic heterocycles. The minimum atomic E-state index is -0.0564. The van der Waals surface area contributed by atoms with Gasteiger partial charge in [0.05, 0.1) is 11.7 Å². The van der Waals surface area contributed by atoms with Gasteiger partial charge in [-0.05, 0) is 5.56 Å². The summed E-state index contributed by atoms with van der Waals surface area (Å²) in [6.45, 7) is 2.69. The molecule has 0 bridgehead atoms. The molecule has 1 aliphatic heterocycles. The van der Waals surface area contributed by atoms with Crippen LogP contribution in [0.5, 0.6) is 0 Å². The first-order valence-electron chi connectivity index (χ1n) is 7.14. The first kappa shape index (κ1) is 12.3. The summed E-state index contributed by atoms with van der Waals surface area (Å²) in [6, 6.07) is 10.4. The average Bonchev–Trinajstić information content (AvgIpc) is 2.87. The van der Waals surface area contributed by atoms with Crippen molar-refractivity contribution in [3.8, 4) is 0 Å². The van der Waals surface area contributed by atoms with Crippen LogP contribution in [0.4, 0.5) is 0 Å². The molecule has 5 heteroatoms. The van der Waals surface area contributed by atoms with E-state index in [4.69, 9.17) is 0 Å². The Morgan fingerprint density at radius 3 is 2.95 bits per heavy atom. The molecule has 0 saturated carbocycles.